The van der Waals surface area contributed by atoms with Crippen molar-refractivity contribution in [3.05, 3.63) is 71.8 Å². The molecule has 0 saturated carbocycles. The molecule has 1 fully saturated rings. The van der Waals surface area contributed by atoms with Crippen molar-refractivity contribution in [2.75, 3.05) is 26.3 Å². The Morgan fingerprint density at radius 2 is 1.63 bits per heavy atom. The molecular weight excluding hydrogens is 441 g/mol. The van der Waals surface area contributed by atoms with Gasteiger partial charge in [0.15, 0.2) is 0 Å². The second kappa shape index (κ2) is 9.85. The summed E-state index contributed by atoms with van der Waals surface area (Å²) in [6.07, 6.45) is 3.11. The van der Waals surface area contributed by atoms with Crippen molar-refractivity contribution in [2.45, 2.75) is 32.2 Å². The minimum absolute atomic E-state index is 0.179. The number of ether oxygens (including phenoxy) is 1. The van der Waals surface area contributed by atoms with Gasteiger partial charge in [-0.05, 0) is 0 Å². The third-order valence-electron chi connectivity index (χ3n) is 6.00. The SMILES string of the molecule is [CH3][SnH]([CH3])[C](C=O)(Cc1ccccc1)CC(c1ccccc1)N1CCOCC1. The van der Waals surface area contributed by atoms with Gasteiger partial charge in [-0.2, -0.15) is 0 Å². The third-order valence-corrected chi connectivity index (χ3v) is 14.2. The number of benzene rings is 2. The number of hydrogen-bond acceptors (Lipinski definition) is 3. The number of rotatable bonds is 8. The fourth-order valence-corrected chi connectivity index (χ4v) is 8.69. The van der Waals surface area contributed by atoms with Crippen LogP contribution in [0.5, 0.6) is 0 Å². The Balaban J connectivity index is 1.92. The third kappa shape index (κ3) is 5.21. The molecule has 2 unspecified atom stereocenters. The van der Waals surface area contributed by atoms with Gasteiger partial charge in [0.05, 0.1) is 0 Å². The van der Waals surface area contributed by atoms with Gasteiger partial charge in [-0.1, -0.05) is 0 Å². The Labute approximate surface area is 170 Å². The molecule has 1 heterocycles. The first-order valence-electron chi connectivity index (χ1n) is 10.0. The van der Waals surface area contributed by atoms with Crippen LogP contribution in [0.2, 0.25) is 13.3 Å². The summed E-state index contributed by atoms with van der Waals surface area (Å²) in [5.74, 6) is 0. The molecule has 27 heavy (non-hydrogen) atoms. The molecule has 1 aliphatic rings. The van der Waals surface area contributed by atoms with Crippen molar-refractivity contribution in [2.24, 2.45) is 0 Å². The van der Waals surface area contributed by atoms with Crippen molar-refractivity contribution >= 4 is 26.0 Å². The van der Waals surface area contributed by atoms with E-state index in [2.05, 4.69) is 69.4 Å². The molecule has 0 spiro atoms. The van der Waals surface area contributed by atoms with Crippen LogP contribution in [0.3, 0.4) is 0 Å². The summed E-state index contributed by atoms with van der Waals surface area (Å²) in [5, 5.41) is 0. The summed E-state index contributed by atoms with van der Waals surface area (Å²) in [5.41, 5.74) is 2.61. The number of carbonyl (C=O) groups excluding carboxylic acids is 1. The topological polar surface area (TPSA) is 29.5 Å². The maximum absolute atomic E-state index is 12.5. The van der Waals surface area contributed by atoms with Crippen LogP contribution in [-0.4, -0.2) is 57.2 Å². The molecule has 4 heteroatoms. The van der Waals surface area contributed by atoms with Crippen molar-refractivity contribution in [1.29, 1.82) is 0 Å². The number of nitrogens with zero attached hydrogens (tertiary/aromatic N) is 1. The van der Waals surface area contributed by atoms with Crippen LogP contribution >= 0.6 is 0 Å². The summed E-state index contributed by atoms with van der Waals surface area (Å²) in [4.78, 5) is 19.8. The molecule has 3 rings (SSSR count). The van der Waals surface area contributed by atoms with Crippen molar-refractivity contribution in [3.63, 3.8) is 0 Å². The number of morpholine rings is 1. The Bertz CT molecular complexity index is 701. The molecule has 0 N–H and O–H groups in total. The minimum atomic E-state index is -2.03. The molecule has 0 radical (unpaired) electrons. The van der Waals surface area contributed by atoms with Gasteiger partial charge in [0.25, 0.3) is 0 Å². The zero-order chi connectivity index (χ0) is 19.1. The molecule has 0 aromatic heterocycles. The average Bonchev–Trinajstić information content (AvgIpc) is 2.73. The van der Waals surface area contributed by atoms with E-state index in [-0.39, 0.29) is 9.47 Å². The maximum atomic E-state index is 12.5. The predicted octanol–water partition coefficient (Wildman–Crippen LogP) is 4.12. The van der Waals surface area contributed by atoms with Gasteiger partial charge in [-0.3, -0.25) is 0 Å². The van der Waals surface area contributed by atoms with E-state index in [1.54, 1.807) is 0 Å². The second-order valence-corrected chi connectivity index (χ2v) is 17.8. The molecule has 144 valence electrons. The van der Waals surface area contributed by atoms with Crippen LogP contribution < -0.4 is 0 Å². The van der Waals surface area contributed by atoms with Gasteiger partial charge >= 0.3 is 171 Å². The van der Waals surface area contributed by atoms with Gasteiger partial charge in [-0.25, -0.2) is 0 Å². The Hall–Kier alpha value is -1.17. The first-order chi connectivity index (χ1) is 13.1. The number of carbonyl (C=O) groups is 1. The Morgan fingerprint density at radius 1 is 1.04 bits per heavy atom. The second-order valence-electron chi connectivity index (χ2n) is 7.95. The normalized spacial score (nSPS) is 18.8. The zero-order valence-electron chi connectivity index (χ0n) is 16.5. The predicted molar refractivity (Wildman–Crippen MR) is 114 cm³/mol. The summed E-state index contributed by atoms with van der Waals surface area (Å²) in [6.45, 7) is 3.43. The van der Waals surface area contributed by atoms with Gasteiger partial charge in [-0.15, -0.1) is 0 Å². The summed E-state index contributed by atoms with van der Waals surface area (Å²) >= 11 is -2.03. The molecule has 0 aliphatic carbocycles. The molecule has 2 aromatic rings. The van der Waals surface area contributed by atoms with Crippen LogP contribution in [0.1, 0.15) is 23.6 Å². The molecule has 2 atom stereocenters. The van der Waals surface area contributed by atoms with E-state index < -0.39 is 19.8 Å². The van der Waals surface area contributed by atoms with Gasteiger partial charge in [0, 0.05) is 0 Å². The Morgan fingerprint density at radius 3 is 2.19 bits per heavy atom. The standard InChI is InChI=1S/C21H24NO2.2CH3.Sn.H/c23-17-19(15-18-7-3-1-4-8-18)16-21(20-9-5-2-6-10-20)22-11-13-24-14-12-22;;;;/h1-10,17,21H,11-16H2;2*1H3;;. The van der Waals surface area contributed by atoms with Gasteiger partial charge < -0.3 is 0 Å². The molecule has 1 saturated heterocycles. The van der Waals surface area contributed by atoms with Crippen molar-refractivity contribution in [3.8, 4) is 0 Å². The summed E-state index contributed by atoms with van der Waals surface area (Å²) in [6, 6.07) is 21.5. The number of hydrogen-bond donors (Lipinski definition) is 0. The molecule has 0 bridgehead atoms. The average molecular weight is 472 g/mol. The van der Waals surface area contributed by atoms with Gasteiger partial charge in [0.2, 0.25) is 0 Å². The van der Waals surface area contributed by atoms with Crippen molar-refractivity contribution in [1.82, 2.24) is 4.90 Å². The molecule has 0 amide bonds. The molecule has 1 aliphatic heterocycles. The van der Waals surface area contributed by atoms with E-state index in [0.29, 0.717) is 0 Å². The van der Waals surface area contributed by atoms with E-state index in [9.17, 15) is 4.79 Å². The van der Waals surface area contributed by atoms with Crippen LogP contribution in [0.4, 0.5) is 0 Å². The Kier molecular flexibility index (Phi) is 7.50. The van der Waals surface area contributed by atoms with Gasteiger partial charge in [0.1, 0.15) is 0 Å². The first kappa shape index (κ1) is 20.6. The fourth-order valence-electron chi connectivity index (χ4n) is 4.10. The fraction of sp³-hybridized carbons (Fsp3) is 0.435. The van der Waals surface area contributed by atoms with Crippen LogP contribution in [0, 0.1) is 0 Å². The van der Waals surface area contributed by atoms with Crippen LogP contribution in [0.25, 0.3) is 0 Å². The monoisotopic (exact) mass is 473 g/mol. The quantitative estimate of drug-likeness (QED) is 0.428. The zero-order valence-corrected chi connectivity index (χ0v) is 19.8. The first-order valence-corrected chi connectivity index (χ1v) is 18.3. The van der Waals surface area contributed by atoms with E-state index in [1.807, 2.05) is 6.07 Å². The van der Waals surface area contributed by atoms with E-state index in [0.717, 1.165) is 39.1 Å². The van der Waals surface area contributed by atoms with Crippen LogP contribution in [-0.2, 0) is 16.0 Å². The van der Waals surface area contributed by atoms with Crippen LogP contribution in [0.15, 0.2) is 60.7 Å². The molecular formula is C23H31NO2Sn. The van der Waals surface area contributed by atoms with Crippen molar-refractivity contribution < 1.29 is 9.53 Å². The number of aldehydes is 1. The van der Waals surface area contributed by atoms with E-state index in [1.165, 1.54) is 17.4 Å². The molecule has 2 aromatic carbocycles. The summed E-state index contributed by atoms with van der Waals surface area (Å²) in [7, 11) is 0. The summed E-state index contributed by atoms with van der Waals surface area (Å²) < 4.78 is 5.41. The van der Waals surface area contributed by atoms with E-state index >= 15 is 0 Å². The van der Waals surface area contributed by atoms with E-state index in [4.69, 9.17) is 4.74 Å². The molecule has 3 nitrogen and oxygen atoms in total.